The summed E-state index contributed by atoms with van der Waals surface area (Å²) in [6.07, 6.45) is 13.5. The summed E-state index contributed by atoms with van der Waals surface area (Å²) in [6, 6.07) is 5.35. The smallest absolute Gasteiger partial charge is 0.264 e. The summed E-state index contributed by atoms with van der Waals surface area (Å²) >= 11 is 0. The molecule has 186 valence electrons. The zero-order chi connectivity index (χ0) is 25.6. The van der Waals surface area contributed by atoms with E-state index in [1.807, 2.05) is 0 Å². The molecule has 2 aromatic rings. The first-order chi connectivity index (χ1) is 17.0. The summed E-state index contributed by atoms with van der Waals surface area (Å²) in [5.74, 6) is 3.18. The van der Waals surface area contributed by atoms with Gasteiger partial charge in [0.15, 0.2) is 0 Å². The van der Waals surface area contributed by atoms with Gasteiger partial charge >= 0.3 is 0 Å². The molecule has 0 aliphatic rings. The molecule has 0 saturated carbocycles. The number of nitrogens with one attached hydrogen (secondary N) is 1. The fraction of sp³-hybridized carbons (Fsp3) is 0.370. The topological polar surface area (TPSA) is 106 Å². The Labute approximate surface area is 206 Å². The van der Waals surface area contributed by atoms with Crippen LogP contribution in [0.2, 0.25) is 0 Å². The lowest BCUT2D eigenvalue weighted by Gasteiger charge is -2.19. The summed E-state index contributed by atoms with van der Waals surface area (Å²) in [7, 11) is 4.59. The predicted octanol–water partition coefficient (Wildman–Crippen LogP) is 4.50. The fourth-order valence-corrected chi connectivity index (χ4v) is 3.56. The van der Waals surface area contributed by atoms with Gasteiger partial charge in [0.25, 0.3) is 5.56 Å². The van der Waals surface area contributed by atoms with Gasteiger partial charge in [0, 0.05) is 31.2 Å². The van der Waals surface area contributed by atoms with E-state index in [1.165, 1.54) is 19.3 Å². The molecule has 8 heteroatoms. The molecular weight excluding hydrogens is 446 g/mol. The summed E-state index contributed by atoms with van der Waals surface area (Å²) in [4.78, 5) is 24.2. The fourth-order valence-electron chi connectivity index (χ4n) is 3.56. The molecule has 35 heavy (non-hydrogen) atoms. The molecule has 0 saturated heterocycles. The second-order valence-corrected chi connectivity index (χ2v) is 7.51. The average Bonchev–Trinajstić information content (AvgIpc) is 2.87. The first kappa shape index (κ1) is 27.3. The predicted molar refractivity (Wildman–Crippen MR) is 140 cm³/mol. The molecule has 1 aromatic carbocycles. The standard InChI is InChI=1S/C27H33N3O5/c1-6-8-13-19-22(23-20(33-4)14-12-15-21(23)34-5)25(31)24(26(32)30-19)27(28-3)35-18-11-10-17-29-16-9-7-2/h2,9,12,14-17H,6,8,10-11,13,18H2,1,3-5H3,(H2,30,31,32)/b16-9-,28-27?,29-17?. The van der Waals surface area contributed by atoms with Gasteiger partial charge in [0.1, 0.15) is 22.8 Å². The molecular formula is C27H33N3O5. The number of H-pyrrole nitrogens is 1. The molecule has 0 radical (unpaired) electrons. The number of benzene rings is 1. The molecule has 0 spiro atoms. The number of ether oxygens (including phenoxy) is 3. The van der Waals surface area contributed by atoms with Gasteiger partial charge in [-0.2, -0.15) is 0 Å². The molecule has 0 aliphatic heterocycles. The molecule has 1 heterocycles. The minimum Gasteiger partial charge on any atom is -0.506 e. The summed E-state index contributed by atoms with van der Waals surface area (Å²) in [6.45, 7) is 2.34. The van der Waals surface area contributed by atoms with Crippen LogP contribution in [0.25, 0.3) is 11.1 Å². The Morgan fingerprint density at radius 1 is 1.20 bits per heavy atom. The molecule has 0 unspecified atom stereocenters. The highest BCUT2D eigenvalue weighted by molar-refractivity contribution is 6.00. The van der Waals surface area contributed by atoms with Crippen LogP contribution in [-0.4, -0.2) is 50.1 Å². The number of methoxy groups -OCH3 is 2. The van der Waals surface area contributed by atoms with Crippen molar-refractivity contribution in [3.8, 4) is 40.7 Å². The lowest BCUT2D eigenvalue weighted by molar-refractivity contribution is 0.300. The van der Waals surface area contributed by atoms with Crippen LogP contribution in [0.5, 0.6) is 17.2 Å². The number of aromatic nitrogens is 1. The van der Waals surface area contributed by atoms with Crippen LogP contribution in [0.1, 0.15) is 43.9 Å². The first-order valence-electron chi connectivity index (χ1n) is 11.5. The van der Waals surface area contributed by atoms with E-state index in [0.29, 0.717) is 47.6 Å². The molecule has 0 fully saturated rings. The van der Waals surface area contributed by atoms with E-state index in [4.69, 9.17) is 20.6 Å². The monoisotopic (exact) mass is 479 g/mol. The Morgan fingerprint density at radius 3 is 2.51 bits per heavy atom. The molecule has 0 atom stereocenters. The van der Waals surface area contributed by atoms with Crippen molar-refractivity contribution < 1.29 is 19.3 Å². The maximum Gasteiger partial charge on any atom is 0.264 e. The number of nitrogens with zero attached hydrogens (tertiary/aromatic N) is 2. The highest BCUT2D eigenvalue weighted by Gasteiger charge is 2.26. The highest BCUT2D eigenvalue weighted by Crippen LogP contribution is 2.44. The second kappa shape index (κ2) is 14.3. The number of terminal acetylenes is 1. The third-order valence-electron chi connectivity index (χ3n) is 5.22. The minimum atomic E-state index is -0.479. The molecule has 1 aromatic heterocycles. The van der Waals surface area contributed by atoms with Crippen LogP contribution >= 0.6 is 0 Å². The number of unbranched alkanes of at least 4 members (excludes halogenated alkanes) is 2. The van der Waals surface area contributed by atoms with Crippen LogP contribution < -0.4 is 15.0 Å². The van der Waals surface area contributed by atoms with E-state index in [2.05, 4.69) is 27.8 Å². The number of allylic oxidation sites excluding steroid dienone is 1. The summed E-state index contributed by atoms with van der Waals surface area (Å²) < 4.78 is 16.9. The van der Waals surface area contributed by atoms with Crippen LogP contribution in [0.3, 0.4) is 0 Å². The van der Waals surface area contributed by atoms with E-state index >= 15 is 0 Å². The van der Waals surface area contributed by atoms with E-state index in [1.54, 1.807) is 38.6 Å². The van der Waals surface area contributed by atoms with Crippen LogP contribution in [0.4, 0.5) is 0 Å². The van der Waals surface area contributed by atoms with Crippen LogP contribution in [0, 0.1) is 12.3 Å². The number of pyridine rings is 1. The molecule has 0 amide bonds. The van der Waals surface area contributed by atoms with Crippen LogP contribution in [-0.2, 0) is 11.2 Å². The quantitative estimate of drug-likeness (QED) is 0.202. The van der Waals surface area contributed by atoms with Crippen molar-refractivity contribution in [1.82, 2.24) is 4.98 Å². The molecule has 0 aliphatic carbocycles. The Balaban J connectivity index is 2.49. The van der Waals surface area contributed by atoms with Gasteiger partial charge in [0.2, 0.25) is 5.90 Å². The SMILES string of the molecule is C#C/C=C\N=CCCCOC(=NC)c1c(O)c(-c2c(OC)cccc2OC)c(CCCC)[nH]c1=O. The number of hydrogen-bond acceptors (Lipinski definition) is 7. The zero-order valence-corrected chi connectivity index (χ0v) is 20.8. The van der Waals surface area contributed by atoms with E-state index in [0.717, 1.165) is 12.8 Å². The number of hydrogen-bond donors (Lipinski definition) is 2. The average molecular weight is 480 g/mol. The lowest BCUT2D eigenvalue weighted by Crippen LogP contribution is -2.23. The third-order valence-corrected chi connectivity index (χ3v) is 5.22. The largest absolute Gasteiger partial charge is 0.506 e. The van der Waals surface area contributed by atoms with Gasteiger partial charge in [-0.05, 0) is 37.8 Å². The van der Waals surface area contributed by atoms with E-state index in [9.17, 15) is 9.90 Å². The van der Waals surface area contributed by atoms with Crippen molar-refractivity contribution in [2.45, 2.75) is 39.0 Å². The molecule has 2 N–H and O–H groups in total. The van der Waals surface area contributed by atoms with Crippen molar-refractivity contribution >= 4 is 12.1 Å². The highest BCUT2D eigenvalue weighted by atomic mass is 16.5. The number of aryl methyl sites for hydroxylation is 1. The summed E-state index contributed by atoms with van der Waals surface area (Å²) in [5.41, 5.74) is 1.05. The van der Waals surface area contributed by atoms with Gasteiger partial charge in [-0.25, -0.2) is 0 Å². The third kappa shape index (κ3) is 7.00. The Morgan fingerprint density at radius 2 is 1.91 bits per heavy atom. The van der Waals surface area contributed by atoms with E-state index < -0.39 is 5.56 Å². The minimum absolute atomic E-state index is 0.0404. The number of rotatable bonds is 12. The van der Waals surface area contributed by atoms with Gasteiger partial charge < -0.3 is 24.3 Å². The van der Waals surface area contributed by atoms with Crippen molar-refractivity contribution in [3.63, 3.8) is 0 Å². The maximum absolute atomic E-state index is 13.1. The van der Waals surface area contributed by atoms with E-state index in [-0.39, 0.29) is 23.8 Å². The van der Waals surface area contributed by atoms with Crippen molar-refractivity contribution in [3.05, 3.63) is 52.1 Å². The zero-order valence-electron chi connectivity index (χ0n) is 20.8. The van der Waals surface area contributed by atoms with Gasteiger partial charge in [0.05, 0.1) is 32.0 Å². The van der Waals surface area contributed by atoms with Crippen molar-refractivity contribution in [2.24, 2.45) is 9.98 Å². The van der Waals surface area contributed by atoms with Crippen molar-refractivity contribution in [1.29, 1.82) is 0 Å². The number of aromatic amines is 1. The molecule has 0 bridgehead atoms. The van der Waals surface area contributed by atoms with Crippen molar-refractivity contribution in [2.75, 3.05) is 27.9 Å². The second-order valence-electron chi connectivity index (χ2n) is 7.51. The maximum atomic E-state index is 13.1. The Bertz CT molecular complexity index is 1150. The van der Waals surface area contributed by atoms with Gasteiger partial charge in [-0.3, -0.25) is 14.8 Å². The summed E-state index contributed by atoms with van der Waals surface area (Å²) in [5, 5.41) is 11.4. The molecule has 8 nitrogen and oxygen atoms in total. The Kier molecular flexibility index (Phi) is 11.1. The van der Waals surface area contributed by atoms with Crippen LogP contribution in [0.15, 0.2) is 45.3 Å². The Hall–Kier alpha value is -3.99. The number of aromatic hydroxyl groups is 1. The van der Waals surface area contributed by atoms with Gasteiger partial charge in [-0.15, -0.1) is 6.42 Å². The first-order valence-corrected chi connectivity index (χ1v) is 11.5. The lowest BCUT2D eigenvalue weighted by atomic mass is 9.95. The normalized spacial score (nSPS) is 11.7. The number of aliphatic imine (C=N–C) groups is 2. The van der Waals surface area contributed by atoms with Gasteiger partial charge in [-0.1, -0.05) is 25.3 Å². The molecule has 2 rings (SSSR count).